The van der Waals surface area contributed by atoms with Gasteiger partial charge in [-0.25, -0.2) is 0 Å². The Kier molecular flexibility index (Phi) is 2.95. The van der Waals surface area contributed by atoms with Crippen LogP contribution in [0.25, 0.3) is 0 Å². The fourth-order valence-corrected chi connectivity index (χ4v) is 3.62. The molecule has 0 heterocycles. The summed E-state index contributed by atoms with van der Waals surface area (Å²) < 4.78 is -0.187. The highest BCUT2D eigenvalue weighted by atomic mass is 35.5. The third-order valence-electron chi connectivity index (χ3n) is 2.69. The first-order chi connectivity index (χ1) is 7.13. The molecule has 15 heavy (non-hydrogen) atoms. The molecule has 0 N–H and O–H groups in total. The molecule has 1 aromatic rings. The maximum atomic E-state index is 9.17. The topological polar surface area (TPSA) is 23.8 Å². The second kappa shape index (κ2) is 4.08. The van der Waals surface area contributed by atoms with Crippen molar-refractivity contribution in [2.24, 2.45) is 5.92 Å². The van der Waals surface area contributed by atoms with E-state index in [9.17, 15) is 5.26 Å². The number of benzene rings is 1. The number of nitrogens with zero attached hydrogens (tertiary/aromatic N) is 1. The van der Waals surface area contributed by atoms with Gasteiger partial charge in [-0.05, 0) is 43.0 Å². The highest BCUT2D eigenvalue weighted by Gasteiger charge is 2.43. The third-order valence-corrected chi connectivity index (χ3v) is 4.26. The largest absolute Gasteiger partial charge is 0.197 e. The quantitative estimate of drug-likeness (QED) is 0.773. The lowest BCUT2D eigenvalue weighted by Crippen LogP contribution is -2.37. The van der Waals surface area contributed by atoms with E-state index in [0.29, 0.717) is 5.92 Å². The van der Waals surface area contributed by atoms with E-state index in [-0.39, 0.29) is 4.75 Å². The summed E-state index contributed by atoms with van der Waals surface area (Å²) in [5.74, 6) is 0.685. The Balaban J connectivity index is 2.09. The Labute approximate surface area is 99.4 Å². The van der Waals surface area contributed by atoms with Gasteiger partial charge in [-0.2, -0.15) is 5.26 Å². The van der Waals surface area contributed by atoms with E-state index in [1.165, 1.54) is 0 Å². The normalized spacial score (nSPS) is 29.3. The van der Waals surface area contributed by atoms with E-state index in [1.54, 1.807) is 11.8 Å². The van der Waals surface area contributed by atoms with Crippen molar-refractivity contribution in [1.82, 2.24) is 0 Å². The summed E-state index contributed by atoms with van der Waals surface area (Å²) in [6, 6.07) is 10.1. The smallest absolute Gasteiger partial charge is 0.107 e. The van der Waals surface area contributed by atoms with Crippen LogP contribution in [0.2, 0.25) is 5.02 Å². The first kappa shape index (κ1) is 10.9. The lowest BCUT2D eigenvalue weighted by molar-refractivity contribution is 0.303. The molecule has 1 fully saturated rings. The van der Waals surface area contributed by atoms with E-state index in [1.807, 2.05) is 24.3 Å². The van der Waals surface area contributed by atoms with Crippen molar-refractivity contribution in [2.45, 2.75) is 29.4 Å². The number of nitriles is 1. The molecular formula is C12H12ClNS. The molecule has 1 aliphatic rings. The van der Waals surface area contributed by atoms with Crippen LogP contribution in [0.1, 0.15) is 19.8 Å². The molecule has 0 atom stereocenters. The molecule has 1 nitrogen and oxygen atoms in total. The maximum absolute atomic E-state index is 9.17. The predicted molar refractivity (Wildman–Crippen MR) is 64.1 cm³/mol. The molecule has 1 aliphatic carbocycles. The summed E-state index contributed by atoms with van der Waals surface area (Å²) in [7, 11) is 0. The Morgan fingerprint density at radius 1 is 1.40 bits per heavy atom. The van der Waals surface area contributed by atoms with E-state index in [2.05, 4.69) is 13.0 Å². The molecule has 2 rings (SSSR count). The minimum absolute atomic E-state index is 0.187. The Morgan fingerprint density at radius 3 is 2.47 bits per heavy atom. The minimum atomic E-state index is -0.187. The molecule has 0 amide bonds. The van der Waals surface area contributed by atoms with Crippen LogP contribution in [0.5, 0.6) is 0 Å². The second-order valence-electron chi connectivity index (χ2n) is 4.18. The van der Waals surface area contributed by atoms with Gasteiger partial charge in [0.2, 0.25) is 0 Å². The number of rotatable bonds is 2. The molecule has 1 aromatic carbocycles. The molecule has 0 aliphatic heterocycles. The molecule has 0 unspecified atom stereocenters. The molecule has 3 heteroatoms. The van der Waals surface area contributed by atoms with Crippen LogP contribution >= 0.6 is 23.4 Å². The second-order valence-corrected chi connectivity index (χ2v) is 6.07. The molecule has 0 saturated heterocycles. The number of hydrogen-bond donors (Lipinski definition) is 0. The van der Waals surface area contributed by atoms with Gasteiger partial charge < -0.3 is 0 Å². The summed E-state index contributed by atoms with van der Waals surface area (Å²) in [6.07, 6.45) is 1.99. The van der Waals surface area contributed by atoms with Gasteiger partial charge in [0.25, 0.3) is 0 Å². The van der Waals surface area contributed by atoms with Gasteiger partial charge in [0.05, 0.1) is 6.07 Å². The van der Waals surface area contributed by atoms with Crippen molar-refractivity contribution in [3.8, 4) is 6.07 Å². The van der Waals surface area contributed by atoms with Crippen LogP contribution in [-0.2, 0) is 0 Å². The standard InChI is InChI=1S/C12H12ClNS/c1-9-6-12(7-9,8-14)15-11-4-2-10(13)3-5-11/h2-5,9H,6-7H2,1H3. The molecule has 0 radical (unpaired) electrons. The zero-order valence-corrected chi connectivity index (χ0v) is 10.1. The fraction of sp³-hybridized carbons (Fsp3) is 0.417. The molecular weight excluding hydrogens is 226 g/mol. The van der Waals surface area contributed by atoms with Gasteiger partial charge in [0, 0.05) is 9.92 Å². The number of halogens is 1. The number of hydrogen-bond acceptors (Lipinski definition) is 2. The van der Waals surface area contributed by atoms with E-state index in [0.717, 1.165) is 22.8 Å². The van der Waals surface area contributed by atoms with Gasteiger partial charge in [0.15, 0.2) is 0 Å². The minimum Gasteiger partial charge on any atom is -0.197 e. The van der Waals surface area contributed by atoms with Crippen LogP contribution in [0, 0.1) is 17.2 Å². The fourth-order valence-electron chi connectivity index (χ4n) is 1.99. The SMILES string of the molecule is CC1CC(C#N)(Sc2ccc(Cl)cc2)C1. The van der Waals surface area contributed by atoms with Crippen molar-refractivity contribution < 1.29 is 0 Å². The van der Waals surface area contributed by atoms with E-state index in [4.69, 9.17) is 11.6 Å². The average molecular weight is 238 g/mol. The van der Waals surface area contributed by atoms with E-state index >= 15 is 0 Å². The molecule has 78 valence electrons. The van der Waals surface area contributed by atoms with Crippen LogP contribution in [0.15, 0.2) is 29.2 Å². The van der Waals surface area contributed by atoms with Gasteiger partial charge >= 0.3 is 0 Å². The molecule has 1 saturated carbocycles. The summed E-state index contributed by atoms with van der Waals surface area (Å²) in [5, 5.41) is 9.92. The van der Waals surface area contributed by atoms with Crippen LogP contribution < -0.4 is 0 Å². The first-order valence-corrected chi connectivity index (χ1v) is 6.19. The lowest BCUT2D eigenvalue weighted by atomic mass is 9.76. The third kappa shape index (κ3) is 2.30. The van der Waals surface area contributed by atoms with Crippen molar-refractivity contribution >= 4 is 23.4 Å². The number of thioether (sulfide) groups is 1. The zero-order chi connectivity index (χ0) is 10.9. The monoisotopic (exact) mass is 237 g/mol. The van der Waals surface area contributed by atoms with Crippen molar-refractivity contribution in [2.75, 3.05) is 0 Å². The Hall–Kier alpha value is -0.650. The summed E-state index contributed by atoms with van der Waals surface area (Å²) in [5.41, 5.74) is 0. The Morgan fingerprint density at radius 2 is 2.00 bits per heavy atom. The molecule has 0 bridgehead atoms. The lowest BCUT2D eigenvalue weighted by Gasteiger charge is -2.40. The van der Waals surface area contributed by atoms with Gasteiger partial charge in [0.1, 0.15) is 4.75 Å². The van der Waals surface area contributed by atoms with Gasteiger partial charge in [-0.3, -0.25) is 0 Å². The highest BCUT2D eigenvalue weighted by molar-refractivity contribution is 8.01. The highest BCUT2D eigenvalue weighted by Crippen LogP contribution is 2.50. The molecule has 0 spiro atoms. The molecule has 0 aromatic heterocycles. The zero-order valence-electron chi connectivity index (χ0n) is 8.53. The van der Waals surface area contributed by atoms with Gasteiger partial charge in [-0.15, -0.1) is 11.8 Å². The summed E-state index contributed by atoms with van der Waals surface area (Å²) >= 11 is 7.48. The van der Waals surface area contributed by atoms with Crippen molar-refractivity contribution in [3.05, 3.63) is 29.3 Å². The van der Waals surface area contributed by atoms with E-state index < -0.39 is 0 Å². The summed E-state index contributed by atoms with van der Waals surface area (Å²) in [6.45, 7) is 2.19. The first-order valence-electron chi connectivity index (χ1n) is 4.99. The van der Waals surface area contributed by atoms with Crippen LogP contribution in [0.3, 0.4) is 0 Å². The van der Waals surface area contributed by atoms with Crippen LogP contribution in [-0.4, -0.2) is 4.75 Å². The average Bonchev–Trinajstić information content (AvgIpc) is 2.18. The predicted octanol–water partition coefficient (Wildman–Crippen LogP) is 4.12. The van der Waals surface area contributed by atoms with Crippen molar-refractivity contribution in [1.29, 1.82) is 5.26 Å². The summed E-state index contributed by atoms with van der Waals surface area (Å²) in [4.78, 5) is 1.13. The maximum Gasteiger partial charge on any atom is 0.107 e. The van der Waals surface area contributed by atoms with Crippen molar-refractivity contribution in [3.63, 3.8) is 0 Å². The van der Waals surface area contributed by atoms with Gasteiger partial charge in [-0.1, -0.05) is 18.5 Å². The Bertz CT molecular complexity index is 387. The van der Waals surface area contributed by atoms with Crippen LogP contribution in [0.4, 0.5) is 0 Å².